The van der Waals surface area contributed by atoms with E-state index in [9.17, 15) is 27.2 Å². The summed E-state index contributed by atoms with van der Waals surface area (Å²) in [5, 5.41) is 3.81. The second-order valence-electron chi connectivity index (χ2n) is 7.61. The summed E-state index contributed by atoms with van der Waals surface area (Å²) in [6.45, 7) is 1.06. The number of hydrogen-bond donors (Lipinski definition) is 1. The Kier molecular flexibility index (Phi) is 6.19. The number of hydroxylamine groups is 2. The minimum absolute atomic E-state index is 0.0582. The quantitative estimate of drug-likeness (QED) is 0.673. The Balaban J connectivity index is 1.43. The van der Waals surface area contributed by atoms with Gasteiger partial charge in [0.15, 0.2) is 11.6 Å². The number of alkyl halides is 2. The van der Waals surface area contributed by atoms with E-state index in [-0.39, 0.29) is 24.5 Å². The number of benzene rings is 1. The monoisotopic (exact) mass is 446 g/mol. The molecule has 4 rings (SSSR count). The molecule has 12 heteroatoms. The maximum absolute atomic E-state index is 14.9. The number of ether oxygens (including phenoxy) is 1. The van der Waals surface area contributed by atoms with Crippen LogP contribution < -0.4 is 15.1 Å². The van der Waals surface area contributed by atoms with Crippen molar-refractivity contribution in [1.29, 1.82) is 0 Å². The number of halogens is 4. The SMILES string of the molecule is O=C(NCC1CN(c2cc(F)c(N3CCON(C4CC4)CC3)c(F)c2)C(=O)O1)C(F)F. The highest BCUT2D eigenvalue weighted by molar-refractivity contribution is 5.90. The summed E-state index contributed by atoms with van der Waals surface area (Å²) in [5.41, 5.74) is -0.254. The highest BCUT2D eigenvalue weighted by Gasteiger charge is 2.35. The molecule has 0 bridgehead atoms. The van der Waals surface area contributed by atoms with Crippen molar-refractivity contribution >= 4 is 23.4 Å². The Morgan fingerprint density at radius 1 is 1.16 bits per heavy atom. The first kappa shape index (κ1) is 21.6. The predicted octanol–water partition coefficient (Wildman–Crippen LogP) is 1.89. The summed E-state index contributed by atoms with van der Waals surface area (Å²) in [7, 11) is 0. The first-order valence-corrected chi connectivity index (χ1v) is 10.0. The van der Waals surface area contributed by atoms with Crippen LogP contribution in [0.1, 0.15) is 12.8 Å². The molecule has 2 heterocycles. The van der Waals surface area contributed by atoms with Crippen LogP contribution in [0.5, 0.6) is 0 Å². The zero-order valence-electron chi connectivity index (χ0n) is 16.5. The molecule has 2 amide bonds. The molecule has 2 saturated heterocycles. The van der Waals surface area contributed by atoms with Gasteiger partial charge in [-0.25, -0.2) is 13.6 Å². The number of rotatable bonds is 6. The van der Waals surface area contributed by atoms with Gasteiger partial charge in [-0.05, 0) is 12.8 Å². The molecule has 3 fully saturated rings. The normalized spacial score (nSPS) is 22.6. The zero-order chi connectivity index (χ0) is 22.1. The largest absolute Gasteiger partial charge is 0.442 e. The van der Waals surface area contributed by atoms with E-state index in [2.05, 4.69) is 0 Å². The molecule has 1 N–H and O–H groups in total. The Hall–Kier alpha value is -2.60. The van der Waals surface area contributed by atoms with E-state index in [0.29, 0.717) is 32.3 Å². The number of amides is 2. The highest BCUT2D eigenvalue weighted by atomic mass is 19.3. The summed E-state index contributed by atoms with van der Waals surface area (Å²) < 4.78 is 59.2. The average Bonchev–Trinajstić information content (AvgIpc) is 3.51. The number of hydrogen-bond acceptors (Lipinski definition) is 6. The van der Waals surface area contributed by atoms with E-state index in [0.717, 1.165) is 29.9 Å². The van der Waals surface area contributed by atoms with Gasteiger partial charge in [-0.15, -0.1) is 0 Å². The van der Waals surface area contributed by atoms with E-state index >= 15 is 0 Å². The van der Waals surface area contributed by atoms with Crippen molar-refractivity contribution in [3.63, 3.8) is 0 Å². The number of anilines is 2. The van der Waals surface area contributed by atoms with E-state index < -0.39 is 36.2 Å². The molecule has 2 aliphatic heterocycles. The van der Waals surface area contributed by atoms with Gasteiger partial charge in [0.1, 0.15) is 11.8 Å². The molecule has 31 heavy (non-hydrogen) atoms. The fourth-order valence-electron chi connectivity index (χ4n) is 3.68. The van der Waals surface area contributed by atoms with Crippen LogP contribution in [0.4, 0.5) is 33.7 Å². The van der Waals surface area contributed by atoms with Gasteiger partial charge in [0.25, 0.3) is 5.91 Å². The minimum Gasteiger partial charge on any atom is -0.442 e. The molecule has 1 unspecified atom stereocenters. The van der Waals surface area contributed by atoms with Crippen LogP contribution in [0.3, 0.4) is 0 Å². The third-order valence-corrected chi connectivity index (χ3v) is 5.37. The maximum Gasteiger partial charge on any atom is 0.414 e. The van der Waals surface area contributed by atoms with Crippen molar-refractivity contribution < 1.29 is 36.7 Å². The molecule has 1 atom stereocenters. The molecular weight excluding hydrogens is 424 g/mol. The number of cyclic esters (lactones) is 1. The summed E-state index contributed by atoms with van der Waals surface area (Å²) in [6, 6.07) is 2.44. The topological polar surface area (TPSA) is 74.4 Å². The molecular formula is C19H22F4N4O4. The Morgan fingerprint density at radius 2 is 1.87 bits per heavy atom. The molecule has 0 radical (unpaired) electrons. The number of carbonyl (C=O) groups excluding carboxylic acids is 2. The molecule has 1 aliphatic carbocycles. The lowest BCUT2D eigenvalue weighted by atomic mass is 10.2. The second kappa shape index (κ2) is 8.87. The lowest BCUT2D eigenvalue weighted by Gasteiger charge is -2.24. The lowest BCUT2D eigenvalue weighted by Crippen LogP contribution is -2.37. The van der Waals surface area contributed by atoms with Crippen molar-refractivity contribution in [2.24, 2.45) is 0 Å². The van der Waals surface area contributed by atoms with Gasteiger partial charge in [-0.3, -0.25) is 14.5 Å². The standard InChI is InChI=1S/C19H22F4N4O4/c20-14-7-12(26-10-13(31-19(26)29)9-24-18(28)17(22)23)8-15(21)16(14)25-3-4-27(11-1-2-11)30-6-5-25/h7-8,11,13,17H,1-6,9-10H2,(H,24,28). The van der Waals surface area contributed by atoms with Crippen molar-refractivity contribution in [2.75, 3.05) is 49.1 Å². The van der Waals surface area contributed by atoms with E-state index in [1.807, 2.05) is 10.4 Å². The van der Waals surface area contributed by atoms with E-state index in [1.54, 1.807) is 4.90 Å². The number of nitrogens with zero attached hydrogens (tertiary/aromatic N) is 3. The smallest absolute Gasteiger partial charge is 0.414 e. The second-order valence-corrected chi connectivity index (χ2v) is 7.61. The first-order valence-electron chi connectivity index (χ1n) is 10.0. The van der Waals surface area contributed by atoms with Crippen LogP contribution in [-0.2, 0) is 14.4 Å². The minimum atomic E-state index is -3.19. The number of nitrogens with one attached hydrogen (secondary N) is 1. The van der Waals surface area contributed by atoms with E-state index in [4.69, 9.17) is 9.57 Å². The first-order chi connectivity index (χ1) is 14.8. The fraction of sp³-hybridized carbons (Fsp3) is 0.579. The van der Waals surface area contributed by atoms with Gasteiger partial charge in [0, 0.05) is 37.8 Å². The molecule has 0 spiro atoms. The zero-order valence-corrected chi connectivity index (χ0v) is 16.5. The van der Waals surface area contributed by atoms with Crippen molar-refractivity contribution in [1.82, 2.24) is 10.4 Å². The van der Waals surface area contributed by atoms with Gasteiger partial charge >= 0.3 is 12.5 Å². The third kappa shape index (κ3) is 4.85. The van der Waals surface area contributed by atoms with Gasteiger partial charge in [0.2, 0.25) is 0 Å². The summed E-state index contributed by atoms with van der Waals surface area (Å²) in [6.07, 6.45) is -2.89. The van der Waals surface area contributed by atoms with Crippen LogP contribution in [0, 0.1) is 11.6 Å². The highest BCUT2D eigenvalue weighted by Crippen LogP contribution is 2.32. The molecule has 1 saturated carbocycles. The molecule has 3 aliphatic rings. The molecule has 0 aromatic heterocycles. The number of carbonyl (C=O) groups is 2. The Labute approximate surface area is 175 Å². The van der Waals surface area contributed by atoms with Crippen LogP contribution in [0.15, 0.2) is 12.1 Å². The summed E-state index contributed by atoms with van der Waals surface area (Å²) in [5.74, 6) is -3.16. The van der Waals surface area contributed by atoms with Crippen LogP contribution >= 0.6 is 0 Å². The van der Waals surface area contributed by atoms with Gasteiger partial charge in [0.05, 0.1) is 25.4 Å². The molecule has 8 nitrogen and oxygen atoms in total. The van der Waals surface area contributed by atoms with Crippen LogP contribution in [0.25, 0.3) is 0 Å². The Bertz CT molecular complexity index is 831. The lowest BCUT2D eigenvalue weighted by molar-refractivity contribution is -0.154. The maximum atomic E-state index is 14.9. The molecule has 1 aromatic rings. The van der Waals surface area contributed by atoms with Crippen molar-refractivity contribution in [3.8, 4) is 0 Å². The van der Waals surface area contributed by atoms with E-state index in [1.165, 1.54) is 0 Å². The fourth-order valence-corrected chi connectivity index (χ4v) is 3.68. The summed E-state index contributed by atoms with van der Waals surface area (Å²) in [4.78, 5) is 31.3. The van der Waals surface area contributed by atoms with Gasteiger partial charge in [-0.1, -0.05) is 0 Å². The average molecular weight is 446 g/mol. The molecule has 170 valence electrons. The Morgan fingerprint density at radius 3 is 2.52 bits per heavy atom. The van der Waals surface area contributed by atoms with Gasteiger partial charge in [-0.2, -0.15) is 13.8 Å². The predicted molar refractivity (Wildman–Crippen MR) is 101 cm³/mol. The van der Waals surface area contributed by atoms with Crippen LogP contribution in [0.2, 0.25) is 0 Å². The summed E-state index contributed by atoms with van der Waals surface area (Å²) >= 11 is 0. The van der Waals surface area contributed by atoms with Gasteiger partial charge < -0.3 is 15.0 Å². The van der Waals surface area contributed by atoms with Crippen molar-refractivity contribution in [3.05, 3.63) is 23.8 Å². The van der Waals surface area contributed by atoms with Crippen molar-refractivity contribution in [2.45, 2.75) is 31.4 Å². The third-order valence-electron chi connectivity index (χ3n) is 5.37. The van der Waals surface area contributed by atoms with Crippen LogP contribution in [-0.4, -0.2) is 75.0 Å². The molecule has 1 aromatic carbocycles.